The normalized spacial score (nSPS) is 10.7. The summed E-state index contributed by atoms with van der Waals surface area (Å²) in [5, 5.41) is 8.85. The van der Waals surface area contributed by atoms with Gasteiger partial charge in [-0.3, -0.25) is 4.79 Å². The van der Waals surface area contributed by atoms with Crippen molar-refractivity contribution >= 4 is 12.0 Å². The zero-order valence-corrected chi connectivity index (χ0v) is 15.3. The molecule has 0 atom stereocenters. The molecule has 136 valence electrons. The standard InChI is InChI=1S/C19H37NO3/c1-3-4-5-6-7-8-9-10-11-12-13-14-15-16-17-20(18(2)21)19(22)23/h3-17H2,1-2H3,(H,22,23). The Balaban J connectivity index is 3.24. The molecule has 0 bridgehead atoms. The van der Waals surface area contributed by atoms with Gasteiger partial charge in [-0.25, -0.2) is 9.69 Å². The van der Waals surface area contributed by atoms with Gasteiger partial charge >= 0.3 is 6.09 Å². The van der Waals surface area contributed by atoms with E-state index in [-0.39, 0.29) is 5.91 Å². The second-order valence-corrected chi connectivity index (χ2v) is 6.55. The lowest BCUT2D eigenvalue weighted by molar-refractivity contribution is -0.126. The van der Waals surface area contributed by atoms with Crippen molar-refractivity contribution < 1.29 is 14.7 Å². The molecule has 0 aromatic heterocycles. The number of nitrogens with zero attached hydrogens (tertiary/aromatic N) is 1. The Kier molecular flexibility index (Phi) is 15.1. The van der Waals surface area contributed by atoms with E-state index >= 15 is 0 Å². The average molecular weight is 328 g/mol. The minimum atomic E-state index is -1.13. The number of carboxylic acid groups (broad SMARTS) is 1. The van der Waals surface area contributed by atoms with Gasteiger partial charge in [0.25, 0.3) is 0 Å². The highest BCUT2D eigenvalue weighted by molar-refractivity contribution is 5.89. The number of carbonyl (C=O) groups excluding carboxylic acids is 1. The van der Waals surface area contributed by atoms with E-state index in [0.717, 1.165) is 24.2 Å². The minimum absolute atomic E-state index is 0.336. The van der Waals surface area contributed by atoms with Crippen LogP contribution >= 0.6 is 0 Å². The molecule has 0 unspecified atom stereocenters. The fourth-order valence-corrected chi connectivity index (χ4v) is 2.85. The number of amides is 2. The summed E-state index contributed by atoms with van der Waals surface area (Å²) in [6.07, 6.45) is 16.7. The highest BCUT2D eigenvalue weighted by atomic mass is 16.4. The number of hydrogen-bond donors (Lipinski definition) is 1. The molecule has 0 rings (SSSR count). The van der Waals surface area contributed by atoms with Gasteiger partial charge in [-0.2, -0.15) is 0 Å². The van der Waals surface area contributed by atoms with Crippen LogP contribution in [-0.2, 0) is 4.79 Å². The first-order chi connectivity index (χ1) is 11.1. The fraction of sp³-hybridized carbons (Fsp3) is 0.895. The van der Waals surface area contributed by atoms with Crippen LogP contribution in [0.4, 0.5) is 4.79 Å². The highest BCUT2D eigenvalue weighted by Gasteiger charge is 2.15. The van der Waals surface area contributed by atoms with E-state index in [9.17, 15) is 9.59 Å². The van der Waals surface area contributed by atoms with Crippen molar-refractivity contribution in [2.75, 3.05) is 6.54 Å². The van der Waals surface area contributed by atoms with Crippen molar-refractivity contribution in [1.29, 1.82) is 0 Å². The monoisotopic (exact) mass is 327 g/mol. The summed E-state index contributed by atoms with van der Waals surface area (Å²) in [6.45, 7) is 3.89. The van der Waals surface area contributed by atoms with Gasteiger partial charge in [0.1, 0.15) is 0 Å². The Hall–Kier alpha value is -1.06. The Bertz CT molecular complexity index is 291. The summed E-state index contributed by atoms with van der Waals surface area (Å²) in [4.78, 5) is 22.8. The van der Waals surface area contributed by atoms with Crippen LogP contribution in [-0.4, -0.2) is 28.6 Å². The van der Waals surface area contributed by atoms with Crippen LogP contribution < -0.4 is 0 Å². The Morgan fingerprint density at radius 1 is 0.696 bits per heavy atom. The molecule has 23 heavy (non-hydrogen) atoms. The van der Waals surface area contributed by atoms with Gasteiger partial charge in [0, 0.05) is 13.5 Å². The van der Waals surface area contributed by atoms with Crippen LogP contribution in [0, 0.1) is 0 Å². The average Bonchev–Trinajstić information content (AvgIpc) is 2.50. The van der Waals surface area contributed by atoms with E-state index in [4.69, 9.17) is 5.11 Å². The molecular formula is C19H37NO3. The lowest BCUT2D eigenvalue weighted by Gasteiger charge is -2.14. The third-order valence-electron chi connectivity index (χ3n) is 4.35. The van der Waals surface area contributed by atoms with Crippen molar-refractivity contribution in [1.82, 2.24) is 4.90 Å². The SMILES string of the molecule is CCCCCCCCCCCCCCCCN(C(C)=O)C(=O)O. The summed E-state index contributed by atoms with van der Waals surface area (Å²) in [5.74, 6) is -0.382. The second kappa shape index (κ2) is 15.8. The summed E-state index contributed by atoms with van der Waals surface area (Å²) >= 11 is 0. The zero-order valence-electron chi connectivity index (χ0n) is 15.3. The predicted molar refractivity (Wildman–Crippen MR) is 95.7 cm³/mol. The zero-order chi connectivity index (χ0) is 17.3. The van der Waals surface area contributed by atoms with Crippen molar-refractivity contribution in [2.45, 2.75) is 104 Å². The molecule has 4 heteroatoms. The largest absolute Gasteiger partial charge is 0.465 e. The first kappa shape index (κ1) is 21.9. The van der Waals surface area contributed by atoms with Crippen molar-refractivity contribution in [3.8, 4) is 0 Å². The molecule has 1 N–H and O–H groups in total. The van der Waals surface area contributed by atoms with E-state index in [2.05, 4.69) is 6.92 Å². The number of carbonyl (C=O) groups is 2. The number of imide groups is 1. The van der Waals surface area contributed by atoms with Crippen molar-refractivity contribution in [3.05, 3.63) is 0 Å². The van der Waals surface area contributed by atoms with Crippen molar-refractivity contribution in [2.24, 2.45) is 0 Å². The van der Waals surface area contributed by atoms with Crippen LogP contribution in [0.2, 0.25) is 0 Å². The van der Waals surface area contributed by atoms with Gasteiger partial charge in [0.15, 0.2) is 0 Å². The van der Waals surface area contributed by atoms with Crippen LogP contribution in [0.25, 0.3) is 0 Å². The van der Waals surface area contributed by atoms with E-state index in [1.54, 1.807) is 0 Å². The van der Waals surface area contributed by atoms with Crippen LogP contribution in [0.15, 0.2) is 0 Å². The third-order valence-corrected chi connectivity index (χ3v) is 4.35. The topological polar surface area (TPSA) is 57.6 Å². The number of unbranched alkanes of at least 4 members (excludes halogenated alkanes) is 13. The van der Waals surface area contributed by atoms with Crippen molar-refractivity contribution in [3.63, 3.8) is 0 Å². The molecule has 0 aliphatic rings. The molecule has 0 saturated carbocycles. The molecule has 0 saturated heterocycles. The fourth-order valence-electron chi connectivity index (χ4n) is 2.85. The molecule has 2 amide bonds. The summed E-state index contributed by atoms with van der Waals surface area (Å²) in [7, 11) is 0. The molecular weight excluding hydrogens is 290 g/mol. The minimum Gasteiger partial charge on any atom is -0.465 e. The Morgan fingerprint density at radius 3 is 1.35 bits per heavy atom. The molecule has 0 aromatic rings. The maximum atomic E-state index is 11.1. The molecule has 0 fully saturated rings. The smallest absolute Gasteiger partial charge is 0.414 e. The van der Waals surface area contributed by atoms with Gasteiger partial charge in [0.05, 0.1) is 0 Å². The Labute approximate surface area is 142 Å². The molecule has 0 aliphatic heterocycles. The molecule has 0 aromatic carbocycles. The van der Waals surface area contributed by atoms with Gasteiger partial charge in [-0.15, -0.1) is 0 Å². The molecule has 0 radical (unpaired) electrons. The van der Waals surface area contributed by atoms with Gasteiger partial charge in [0.2, 0.25) is 5.91 Å². The van der Waals surface area contributed by atoms with E-state index in [1.165, 1.54) is 77.6 Å². The van der Waals surface area contributed by atoms with Crippen LogP contribution in [0.5, 0.6) is 0 Å². The van der Waals surface area contributed by atoms with E-state index < -0.39 is 6.09 Å². The quantitative estimate of drug-likeness (QED) is 0.376. The summed E-state index contributed by atoms with van der Waals surface area (Å²) < 4.78 is 0. The van der Waals surface area contributed by atoms with E-state index in [1.807, 2.05) is 0 Å². The van der Waals surface area contributed by atoms with Crippen LogP contribution in [0.3, 0.4) is 0 Å². The predicted octanol–water partition coefficient (Wildman–Crippen LogP) is 5.99. The van der Waals surface area contributed by atoms with Gasteiger partial charge in [-0.1, -0.05) is 90.4 Å². The Morgan fingerprint density at radius 2 is 1.04 bits per heavy atom. The second-order valence-electron chi connectivity index (χ2n) is 6.55. The first-order valence-corrected chi connectivity index (χ1v) is 9.60. The first-order valence-electron chi connectivity index (χ1n) is 9.60. The summed E-state index contributed by atoms with van der Waals surface area (Å²) in [6, 6.07) is 0. The maximum absolute atomic E-state index is 11.1. The van der Waals surface area contributed by atoms with Crippen LogP contribution in [0.1, 0.15) is 104 Å². The van der Waals surface area contributed by atoms with E-state index in [0.29, 0.717) is 6.54 Å². The van der Waals surface area contributed by atoms with Gasteiger partial charge < -0.3 is 5.11 Å². The van der Waals surface area contributed by atoms with Gasteiger partial charge in [-0.05, 0) is 6.42 Å². The molecule has 0 spiro atoms. The summed E-state index contributed by atoms with van der Waals surface area (Å²) in [5.41, 5.74) is 0. The maximum Gasteiger partial charge on any atom is 0.414 e. The molecule has 0 heterocycles. The highest BCUT2D eigenvalue weighted by Crippen LogP contribution is 2.13. The number of hydrogen-bond acceptors (Lipinski definition) is 2. The lowest BCUT2D eigenvalue weighted by Crippen LogP contribution is -2.34. The third kappa shape index (κ3) is 14.3. The lowest BCUT2D eigenvalue weighted by atomic mass is 10.0. The number of rotatable bonds is 15. The molecule has 0 aliphatic carbocycles. The molecule has 4 nitrogen and oxygen atoms in total.